The van der Waals surface area contributed by atoms with Crippen molar-refractivity contribution in [2.75, 3.05) is 23.3 Å². The van der Waals surface area contributed by atoms with Crippen LogP contribution in [0.4, 0.5) is 24.5 Å². The molecular formula is C19H20ClF3N6O. The van der Waals surface area contributed by atoms with Crippen molar-refractivity contribution in [1.29, 1.82) is 0 Å². The standard InChI is InChI=1S/C19H19F3N6O.ClH/c20-19(21,22)13-8-25-17-15(16(13)28-6-2-4-12(23)10-28)14(9-26-17)27-18(29)11-3-1-5-24-7-11;/h1,3,5,7-9,12H,2,4,6,10,23H2,(H,25,26)(H,27,29);1H/t12-;/m1./s1. The Hall–Kier alpha value is -2.85. The summed E-state index contributed by atoms with van der Waals surface area (Å²) in [5, 5.41) is 2.89. The minimum Gasteiger partial charge on any atom is -0.369 e. The molecule has 1 atom stereocenters. The zero-order chi connectivity index (χ0) is 20.6. The number of piperidine rings is 1. The third-order valence-corrected chi connectivity index (χ3v) is 4.93. The Morgan fingerprint density at radius 2 is 2.13 bits per heavy atom. The summed E-state index contributed by atoms with van der Waals surface area (Å²) in [7, 11) is 0. The van der Waals surface area contributed by atoms with Gasteiger partial charge in [-0.1, -0.05) is 0 Å². The molecule has 4 heterocycles. The van der Waals surface area contributed by atoms with Crippen molar-refractivity contribution >= 4 is 40.7 Å². The van der Waals surface area contributed by atoms with Gasteiger partial charge < -0.3 is 20.9 Å². The van der Waals surface area contributed by atoms with E-state index in [-0.39, 0.29) is 40.9 Å². The van der Waals surface area contributed by atoms with Gasteiger partial charge in [0.15, 0.2) is 0 Å². The first kappa shape index (κ1) is 21.8. The maximum atomic E-state index is 13.8. The fourth-order valence-electron chi connectivity index (χ4n) is 3.62. The lowest BCUT2D eigenvalue weighted by Gasteiger charge is -2.34. The van der Waals surface area contributed by atoms with E-state index in [1.54, 1.807) is 17.0 Å². The quantitative estimate of drug-likeness (QED) is 0.578. The lowest BCUT2D eigenvalue weighted by atomic mass is 10.0. The molecule has 0 radical (unpaired) electrons. The second kappa shape index (κ2) is 8.49. The number of carbonyl (C=O) groups excluding carboxylic acids is 1. The number of aromatic amines is 1. The van der Waals surface area contributed by atoms with Crippen molar-refractivity contribution in [2.24, 2.45) is 5.73 Å². The van der Waals surface area contributed by atoms with Gasteiger partial charge in [-0.3, -0.25) is 9.78 Å². The number of pyridine rings is 2. The first-order valence-corrected chi connectivity index (χ1v) is 9.14. The van der Waals surface area contributed by atoms with Crippen LogP contribution in [0.15, 0.2) is 36.9 Å². The molecule has 4 N–H and O–H groups in total. The molecule has 160 valence electrons. The predicted molar refractivity (Wildman–Crippen MR) is 110 cm³/mol. The molecule has 0 aliphatic carbocycles. The number of amides is 1. The van der Waals surface area contributed by atoms with E-state index in [9.17, 15) is 18.0 Å². The SMILES string of the molecule is Cl.N[C@@H]1CCCN(c2c(C(F)(F)F)cnc3[nH]cc(NC(=O)c4cccnc4)c23)C1. The maximum Gasteiger partial charge on any atom is 0.419 e. The topological polar surface area (TPSA) is 99.9 Å². The minimum absolute atomic E-state index is 0. The maximum absolute atomic E-state index is 13.8. The van der Waals surface area contributed by atoms with Crippen molar-refractivity contribution < 1.29 is 18.0 Å². The van der Waals surface area contributed by atoms with Crippen LogP contribution in [0.5, 0.6) is 0 Å². The number of rotatable bonds is 3. The third-order valence-electron chi connectivity index (χ3n) is 4.93. The van der Waals surface area contributed by atoms with Gasteiger partial charge >= 0.3 is 6.18 Å². The van der Waals surface area contributed by atoms with Crippen LogP contribution >= 0.6 is 12.4 Å². The molecule has 1 amide bonds. The highest BCUT2D eigenvalue weighted by Crippen LogP contribution is 2.43. The van der Waals surface area contributed by atoms with Crippen LogP contribution in [0.3, 0.4) is 0 Å². The fraction of sp³-hybridized carbons (Fsp3) is 0.316. The van der Waals surface area contributed by atoms with Gasteiger partial charge in [0.05, 0.1) is 27.9 Å². The van der Waals surface area contributed by atoms with Gasteiger partial charge in [-0.15, -0.1) is 12.4 Å². The Labute approximate surface area is 176 Å². The first-order chi connectivity index (χ1) is 13.8. The number of alkyl halides is 3. The van der Waals surface area contributed by atoms with Gasteiger partial charge in [0, 0.05) is 43.9 Å². The molecule has 30 heavy (non-hydrogen) atoms. The van der Waals surface area contributed by atoms with Crippen molar-refractivity contribution in [1.82, 2.24) is 15.0 Å². The number of carbonyl (C=O) groups is 1. The molecular weight excluding hydrogens is 421 g/mol. The molecule has 4 rings (SSSR count). The number of H-pyrrole nitrogens is 1. The molecule has 1 saturated heterocycles. The molecule has 0 unspecified atom stereocenters. The summed E-state index contributed by atoms with van der Waals surface area (Å²) >= 11 is 0. The number of halogens is 4. The Kier molecular flexibility index (Phi) is 6.18. The monoisotopic (exact) mass is 440 g/mol. The summed E-state index contributed by atoms with van der Waals surface area (Å²) in [6.45, 7) is 0.737. The van der Waals surface area contributed by atoms with E-state index in [4.69, 9.17) is 5.73 Å². The van der Waals surface area contributed by atoms with E-state index in [1.165, 1.54) is 18.6 Å². The van der Waals surface area contributed by atoms with Gasteiger partial charge in [-0.05, 0) is 25.0 Å². The minimum atomic E-state index is -4.60. The van der Waals surface area contributed by atoms with Gasteiger partial charge in [-0.2, -0.15) is 13.2 Å². The third kappa shape index (κ3) is 4.19. The Bertz CT molecular complexity index is 1040. The van der Waals surface area contributed by atoms with Crippen LogP contribution in [0.25, 0.3) is 11.0 Å². The Morgan fingerprint density at radius 1 is 1.33 bits per heavy atom. The van der Waals surface area contributed by atoms with E-state index in [2.05, 4.69) is 20.3 Å². The smallest absolute Gasteiger partial charge is 0.369 e. The summed E-state index contributed by atoms with van der Waals surface area (Å²) in [6.07, 6.45) is 2.02. The molecule has 0 bridgehead atoms. The average Bonchev–Trinajstić information content (AvgIpc) is 3.10. The van der Waals surface area contributed by atoms with E-state index in [0.717, 1.165) is 12.6 Å². The number of hydrogen-bond donors (Lipinski definition) is 3. The summed E-state index contributed by atoms with van der Waals surface area (Å²) in [5.41, 5.74) is 5.92. The van der Waals surface area contributed by atoms with Gasteiger partial charge in [0.1, 0.15) is 5.65 Å². The first-order valence-electron chi connectivity index (χ1n) is 9.14. The fourth-order valence-corrected chi connectivity index (χ4v) is 3.62. The van der Waals surface area contributed by atoms with Crippen LogP contribution in [0.1, 0.15) is 28.8 Å². The van der Waals surface area contributed by atoms with Gasteiger partial charge in [0.25, 0.3) is 5.91 Å². The van der Waals surface area contributed by atoms with Crippen LogP contribution in [-0.2, 0) is 6.18 Å². The molecule has 0 spiro atoms. The molecule has 7 nitrogen and oxygen atoms in total. The summed E-state index contributed by atoms with van der Waals surface area (Å²) in [4.78, 5) is 24.8. The number of nitrogens with zero attached hydrogens (tertiary/aromatic N) is 3. The lowest BCUT2D eigenvalue weighted by molar-refractivity contribution is -0.137. The van der Waals surface area contributed by atoms with E-state index >= 15 is 0 Å². The van der Waals surface area contributed by atoms with Crippen LogP contribution in [0, 0.1) is 0 Å². The lowest BCUT2D eigenvalue weighted by Crippen LogP contribution is -2.43. The number of fused-ring (bicyclic) bond motifs is 1. The number of hydrogen-bond acceptors (Lipinski definition) is 5. The van der Waals surface area contributed by atoms with Crippen molar-refractivity contribution in [3.63, 3.8) is 0 Å². The molecule has 1 aliphatic rings. The van der Waals surface area contributed by atoms with Crippen molar-refractivity contribution in [2.45, 2.75) is 25.1 Å². The molecule has 1 aliphatic heterocycles. The Morgan fingerprint density at radius 3 is 2.80 bits per heavy atom. The number of nitrogens with one attached hydrogen (secondary N) is 2. The van der Waals surface area contributed by atoms with E-state index < -0.39 is 17.6 Å². The number of anilines is 2. The highest BCUT2D eigenvalue weighted by Gasteiger charge is 2.38. The highest BCUT2D eigenvalue weighted by atomic mass is 35.5. The largest absolute Gasteiger partial charge is 0.419 e. The molecule has 0 aromatic carbocycles. The highest BCUT2D eigenvalue weighted by molar-refractivity contribution is 6.11. The predicted octanol–water partition coefficient (Wildman–Crippen LogP) is 3.58. The molecule has 3 aromatic heterocycles. The average molecular weight is 441 g/mol. The van der Waals surface area contributed by atoms with Crippen molar-refractivity contribution in [3.05, 3.63) is 48.0 Å². The zero-order valence-electron chi connectivity index (χ0n) is 15.7. The van der Waals surface area contributed by atoms with Crippen LogP contribution < -0.4 is 16.0 Å². The van der Waals surface area contributed by atoms with Crippen LogP contribution in [-0.4, -0.2) is 40.0 Å². The molecule has 0 saturated carbocycles. The summed E-state index contributed by atoms with van der Waals surface area (Å²) in [6, 6.07) is 2.95. The summed E-state index contributed by atoms with van der Waals surface area (Å²) in [5.74, 6) is -0.474. The van der Waals surface area contributed by atoms with Crippen LogP contribution in [0.2, 0.25) is 0 Å². The van der Waals surface area contributed by atoms with Gasteiger partial charge in [0.2, 0.25) is 0 Å². The van der Waals surface area contributed by atoms with E-state index in [0.29, 0.717) is 25.1 Å². The second-order valence-corrected chi connectivity index (χ2v) is 6.99. The molecule has 3 aromatic rings. The normalized spacial score (nSPS) is 16.9. The number of aromatic nitrogens is 3. The second-order valence-electron chi connectivity index (χ2n) is 6.99. The van der Waals surface area contributed by atoms with Crippen molar-refractivity contribution in [3.8, 4) is 0 Å². The number of nitrogens with two attached hydrogens (primary N) is 1. The summed E-state index contributed by atoms with van der Waals surface area (Å²) < 4.78 is 41.4. The molecule has 11 heteroatoms. The Balaban J connectivity index is 0.00000256. The van der Waals surface area contributed by atoms with E-state index in [1.807, 2.05) is 0 Å². The molecule has 1 fully saturated rings. The zero-order valence-corrected chi connectivity index (χ0v) is 16.6. The van der Waals surface area contributed by atoms with Gasteiger partial charge in [-0.25, -0.2) is 4.98 Å².